The maximum absolute atomic E-state index is 12.7. The second-order valence-corrected chi connectivity index (χ2v) is 7.33. The van der Waals surface area contributed by atoms with Gasteiger partial charge in [0, 0.05) is 39.8 Å². The molecule has 2 aromatic carbocycles. The van der Waals surface area contributed by atoms with E-state index in [1.807, 2.05) is 35.2 Å². The van der Waals surface area contributed by atoms with E-state index in [0.29, 0.717) is 38.0 Å². The van der Waals surface area contributed by atoms with Gasteiger partial charge in [-0.05, 0) is 36.2 Å². The Hall–Kier alpha value is -2.34. The Labute approximate surface area is 210 Å². The molecule has 2 N–H and O–H groups in total. The van der Waals surface area contributed by atoms with Crippen molar-refractivity contribution in [2.45, 2.75) is 25.6 Å². The average molecular weight is 576 g/mol. The summed E-state index contributed by atoms with van der Waals surface area (Å²) in [6, 6.07) is 14.9. The van der Waals surface area contributed by atoms with Crippen LogP contribution in [0.15, 0.2) is 53.5 Å². The predicted molar refractivity (Wildman–Crippen MR) is 136 cm³/mol. The van der Waals surface area contributed by atoms with Crippen molar-refractivity contribution in [1.82, 2.24) is 10.6 Å². The van der Waals surface area contributed by atoms with Crippen LogP contribution in [-0.4, -0.2) is 59.1 Å². The van der Waals surface area contributed by atoms with Crippen molar-refractivity contribution < 1.29 is 23.0 Å². The highest BCUT2D eigenvalue weighted by Gasteiger charge is 2.26. The van der Waals surface area contributed by atoms with Crippen molar-refractivity contribution in [3.8, 4) is 11.5 Å². The van der Waals surface area contributed by atoms with Gasteiger partial charge in [0.05, 0.1) is 12.3 Å². The molecule has 10 heteroatoms. The van der Waals surface area contributed by atoms with Gasteiger partial charge < -0.3 is 29.7 Å². The summed E-state index contributed by atoms with van der Waals surface area (Å²) in [4.78, 5) is 6.35. The first-order valence-electron chi connectivity index (χ1n) is 10.6. The van der Waals surface area contributed by atoms with Crippen LogP contribution >= 0.6 is 24.0 Å². The average Bonchev–Trinajstić information content (AvgIpc) is 3.26. The zero-order valence-corrected chi connectivity index (χ0v) is 21.1. The third-order valence-corrected chi connectivity index (χ3v) is 5.11. The van der Waals surface area contributed by atoms with Gasteiger partial charge in [-0.3, -0.25) is 4.99 Å². The minimum atomic E-state index is -2.85. The summed E-state index contributed by atoms with van der Waals surface area (Å²) in [5, 5.41) is 6.72. The lowest BCUT2D eigenvalue weighted by atomic mass is 10.2. The maximum atomic E-state index is 12.7. The predicted octanol–water partition coefficient (Wildman–Crippen LogP) is 3.88. The molecule has 0 saturated carbocycles. The topological polar surface area (TPSA) is 67.4 Å². The number of benzene rings is 2. The van der Waals surface area contributed by atoms with Crippen molar-refractivity contribution in [3.05, 3.63) is 54.1 Å². The van der Waals surface area contributed by atoms with Gasteiger partial charge in [0.1, 0.15) is 18.1 Å². The smallest absolute Gasteiger partial charge is 0.387 e. The van der Waals surface area contributed by atoms with E-state index in [1.54, 1.807) is 32.4 Å². The number of hydrogen-bond acceptors (Lipinski definition) is 5. The first kappa shape index (κ1) is 26.9. The standard InChI is InChI=1S/C23H30F2N4O3.HI/c1-26-23(27-15-17-7-9-19(10-8-17)31-14-13-30-2)28-18-11-12-29(16-18)20-5-3-4-6-21(20)32-22(24)25;/h3-10,18,22H,11-16H2,1-2H3,(H2,26,27,28);1H. The van der Waals surface area contributed by atoms with Crippen molar-refractivity contribution >= 4 is 35.6 Å². The molecule has 1 unspecified atom stereocenters. The summed E-state index contributed by atoms with van der Waals surface area (Å²) in [6.07, 6.45) is 0.858. The molecule has 3 rings (SSSR count). The summed E-state index contributed by atoms with van der Waals surface area (Å²) >= 11 is 0. The molecule has 1 atom stereocenters. The number of nitrogens with one attached hydrogen (secondary N) is 2. The van der Waals surface area contributed by atoms with Crippen molar-refractivity contribution in [1.29, 1.82) is 0 Å². The molecule has 0 radical (unpaired) electrons. The van der Waals surface area contributed by atoms with Gasteiger partial charge in [-0.2, -0.15) is 8.78 Å². The molecule has 0 amide bonds. The van der Waals surface area contributed by atoms with Crippen LogP contribution in [-0.2, 0) is 11.3 Å². The summed E-state index contributed by atoms with van der Waals surface area (Å²) in [5.74, 6) is 1.69. The van der Waals surface area contributed by atoms with Gasteiger partial charge >= 0.3 is 6.61 Å². The lowest BCUT2D eigenvalue weighted by Gasteiger charge is -2.22. The summed E-state index contributed by atoms with van der Waals surface area (Å²) in [5.41, 5.74) is 1.77. The van der Waals surface area contributed by atoms with E-state index in [9.17, 15) is 8.78 Å². The number of methoxy groups -OCH3 is 1. The molecule has 1 aliphatic heterocycles. The third kappa shape index (κ3) is 8.50. The number of rotatable bonds is 10. The van der Waals surface area contributed by atoms with Crippen LogP contribution in [0.25, 0.3) is 0 Å². The fourth-order valence-electron chi connectivity index (χ4n) is 3.53. The number of nitrogens with zero attached hydrogens (tertiary/aromatic N) is 2. The molecule has 1 heterocycles. The van der Waals surface area contributed by atoms with E-state index < -0.39 is 6.61 Å². The maximum Gasteiger partial charge on any atom is 0.387 e. The van der Waals surface area contributed by atoms with Gasteiger partial charge in [0.25, 0.3) is 0 Å². The molecule has 0 spiro atoms. The van der Waals surface area contributed by atoms with E-state index >= 15 is 0 Å². The van der Waals surface area contributed by atoms with E-state index in [4.69, 9.17) is 9.47 Å². The lowest BCUT2D eigenvalue weighted by molar-refractivity contribution is -0.0495. The number of hydrogen-bond donors (Lipinski definition) is 2. The Kier molecular flexibility index (Phi) is 11.4. The number of alkyl halides is 2. The van der Waals surface area contributed by atoms with Crippen LogP contribution in [0.1, 0.15) is 12.0 Å². The minimum Gasteiger partial charge on any atom is -0.491 e. The van der Waals surface area contributed by atoms with Gasteiger partial charge in [-0.15, -0.1) is 24.0 Å². The zero-order chi connectivity index (χ0) is 22.8. The summed E-state index contributed by atoms with van der Waals surface area (Å²) < 4.78 is 40.6. The van der Waals surface area contributed by atoms with Crippen LogP contribution in [0, 0.1) is 0 Å². The first-order valence-corrected chi connectivity index (χ1v) is 10.6. The van der Waals surface area contributed by atoms with Crippen molar-refractivity contribution in [3.63, 3.8) is 0 Å². The third-order valence-electron chi connectivity index (χ3n) is 5.11. The fourth-order valence-corrected chi connectivity index (χ4v) is 3.53. The Bertz CT molecular complexity index is 871. The Morgan fingerprint density at radius 3 is 2.61 bits per heavy atom. The van der Waals surface area contributed by atoms with Gasteiger partial charge in [0.2, 0.25) is 0 Å². The Morgan fingerprint density at radius 1 is 1.15 bits per heavy atom. The van der Waals surface area contributed by atoms with Gasteiger partial charge in [-0.1, -0.05) is 24.3 Å². The fraction of sp³-hybridized carbons (Fsp3) is 0.435. The van der Waals surface area contributed by atoms with Crippen LogP contribution in [0.3, 0.4) is 0 Å². The van der Waals surface area contributed by atoms with Crippen molar-refractivity contribution in [2.75, 3.05) is 45.4 Å². The molecule has 0 aromatic heterocycles. The number of anilines is 1. The SMILES string of the molecule is CN=C(NCc1ccc(OCCOC)cc1)NC1CCN(c2ccccc2OC(F)F)C1.I. The number of guanidine groups is 1. The highest BCUT2D eigenvalue weighted by atomic mass is 127. The largest absolute Gasteiger partial charge is 0.491 e. The molecule has 0 bridgehead atoms. The molecular weight excluding hydrogens is 545 g/mol. The second-order valence-electron chi connectivity index (χ2n) is 7.33. The minimum absolute atomic E-state index is 0. The van der Waals surface area contributed by atoms with Crippen LogP contribution in [0.2, 0.25) is 0 Å². The Balaban J connectivity index is 0.00000385. The van der Waals surface area contributed by atoms with E-state index in [-0.39, 0.29) is 35.8 Å². The van der Waals surface area contributed by atoms with E-state index in [2.05, 4.69) is 20.4 Å². The second kappa shape index (κ2) is 14.0. The summed E-state index contributed by atoms with van der Waals surface area (Å²) in [6.45, 7) is 0.234. The monoisotopic (exact) mass is 576 g/mol. The van der Waals surface area contributed by atoms with Crippen LogP contribution in [0.5, 0.6) is 11.5 Å². The molecule has 0 aliphatic carbocycles. The first-order chi connectivity index (χ1) is 15.6. The number of ether oxygens (including phenoxy) is 3. The molecule has 182 valence electrons. The quantitative estimate of drug-likeness (QED) is 0.194. The molecule has 1 fully saturated rings. The molecule has 1 aliphatic rings. The van der Waals surface area contributed by atoms with E-state index in [0.717, 1.165) is 24.3 Å². The van der Waals surface area contributed by atoms with Gasteiger partial charge in [0.15, 0.2) is 5.96 Å². The zero-order valence-electron chi connectivity index (χ0n) is 18.8. The molecule has 1 saturated heterocycles. The normalized spacial score (nSPS) is 15.8. The highest BCUT2D eigenvalue weighted by molar-refractivity contribution is 14.0. The molecule has 7 nitrogen and oxygen atoms in total. The highest BCUT2D eigenvalue weighted by Crippen LogP contribution is 2.31. The number of para-hydroxylation sites is 2. The number of aliphatic imine (C=N–C) groups is 1. The molecule has 2 aromatic rings. The van der Waals surface area contributed by atoms with Crippen LogP contribution < -0.4 is 25.0 Å². The number of halogens is 3. The Morgan fingerprint density at radius 2 is 1.91 bits per heavy atom. The molecular formula is C23H31F2IN4O3. The molecule has 33 heavy (non-hydrogen) atoms. The summed E-state index contributed by atoms with van der Waals surface area (Å²) in [7, 11) is 3.36. The van der Waals surface area contributed by atoms with Gasteiger partial charge in [-0.25, -0.2) is 0 Å². The van der Waals surface area contributed by atoms with Crippen molar-refractivity contribution in [2.24, 2.45) is 4.99 Å². The lowest BCUT2D eigenvalue weighted by Crippen LogP contribution is -2.44. The van der Waals surface area contributed by atoms with E-state index in [1.165, 1.54) is 0 Å². The van der Waals surface area contributed by atoms with Crippen LogP contribution in [0.4, 0.5) is 14.5 Å².